The van der Waals surface area contributed by atoms with Gasteiger partial charge in [-0.3, -0.25) is 4.90 Å². The van der Waals surface area contributed by atoms with Gasteiger partial charge in [0.05, 0.1) is 17.6 Å². The minimum absolute atomic E-state index is 0.0294. The maximum atomic E-state index is 13.2. The number of oxazole rings is 1. The molecule has 1 N–H and O–H groups in total. The van der Waals surface area contributed by atoms with Crippen LogP contribution in [0.2, 0.25) is 0 Å². The Kier molecular flexibility index (Phi) is 5.71. The number of hydrogen-bond donors (Lipinski definition) is 1. The molecule has 0 saturated carbocycles. The van der Waals surface area contributed by atoms with E-state index in [1.54, 1.807) is 11.6 Å². The molecule has 182 valence electrons. The SMILES string of the molecule is CC(C)(C)OC(=O)N1C2CCC1CN(c1nc3cc(C(O)C(F)F)cc(-c4nccs4)c3o1)C2. The van der Waals surface area contributed by atoms with E-state index in [0.29, 0.717) is 40.8 Å². The molecule has 1 aromatic carbocycles. The fourth-order valence-electron chi connectivity index (χ4n) is 4.68. The standard InChI is InChI=1S/C23H26F2N4O4S/c1-23(2,3)33-22(31)29-13-4-5-14(29)11-28(10-13)21-27-16-9-12(17(30)19(24)25)8-15(18(16)32-21)20-26-6-7-34-20/h6-9,13-14,17,19,30H,4-5,10-11H2,1-3H3. The second-order valence-electron chi connectivity index (χ2n) is 9.71. The van der Waals surface area contributed by atoms with Gasteiger partial charge in [0.1, 0.15) is 22.2 Å². The van der Waals surface area contributed by atoms with Gasteiger partial charge in [0.2, 0.25) is 0 Å². The molecular formula is C23H26F2N4O4S. The lowest BCUT2D eigenvalue weighted by Crippen LogP contribution is -2.56. The quantitative estimate of drug-likeness (QED) is 0.557. The summed E-state index contributed by atoms with van der Waals surface area (Å²) in [7, 11) is 0. The van der Waals surface area contributed by atoms with Crippen molar-refractivity contribution in [1.82, 2.24) is 14.9 Å². The van der Waals surface area contributed by atoms with E-state index < -0.39 is 18.1 Å². The third kappa shape index (κ3) is 4.22. The molecule has 2 aliphatic heterocycles. The van der Waals surface area contributed by atoms with Crippen molar-refractivity contribution in [2.45, 2.75) is 63.8 Å². The highest BCUT2D eigenvalue weighted by atomic mass is 32.1. The Morgan fingerprint density at radius 2 is 1.97 bits per heavy atom. The first-order valence-electron chi connectivity index (χ1n) is 11.2. The topological polar surface area (TPSA) is 91.9 Å². The lowest BCUT2D eigenvalue weighted by Gasteiger charge is -2.40. The second-order valence-corrected chi connectivity index (χ2v) is 10.6. The average molecular weight is 493 g/mol. The number of hydrogen-bond acceptors (Lipinski definition) is 8. The van der Waals surface area contributed by atoms with Gasteiger partial charge in [-0.2, -0.15) is 4.98 Å². The summed E-state index contributed by atoms with van der Waals surface area (Å²) in [5, 5.41) is 12.4. The van der Waals surface area contributed by atoms with E-state index in [1.807, 2.05) is 30.6 Å². The first kappa shape index (κ1) is 23.0. The van der Waals surface area contributed by atoms with Gasteiger partial charge in [-0.25, -0.2) is 18.6 Å². The monoisotopic (exact) mass is 492 g/mol. The largest absolute Gasteiger partial charge is 0.444 e. The number of piperazine rings is 1. The molecule has 2 saturated heterocycles. The van der Waals surface area contributed by atoms with Crippen molar-refractivity contribution in [3.05, 3.63) is 29.3 Å². The molecule has 2 aromatic heterocycles. The lowest BCUT2D eigenvalue weighted by molar-refractivity contribution is -0.00569. The zero-order valence-electron chi connectivity index (χ0n) is 19.1. The maximum Gasteiger partial charge on any atom is 0.410 e. The number of ether oxygens (including phenoxy) is 1. The highest BCUT2D eigenvalue weighted by Crippen LogP contribution is 2.39. The molecule has 0 radical (unpaired) electrons. The molecule has 2 bridgehead atoms. The fourth-order valence-corrected chi connectivity index (χ4v) is 5.33. The van der Waals surface area contributed by atoms with E-state index in [1.165, 1.54) is 23.5 Å². The van der Waals surface area contributed by atoms with Gasteiger partial charge in [0.25, 0.3) is 12.4 Å². The third-order valence-electron chi connectivity index (χ3n) is 6.10. The van der Waals surface area contributed by atoms with Crippen molar-refractivity contribution >= 4 is 34.5 Å². The molecule has 4 heterocycles. The number of halogens is 2. The normalized spacial score (nSPS) is 21.5. The molecule has 2 aliphatic rings. The van der Waals surface area contributed by atoms with E-state index >= 15 is 0 Å². The Balaban J connectivity index is 1.46. The average Bonchev–Trinajstić information content (AvgIpc) is 3.49. The number of anilines is 1. The minimum atomic E-state index is -2.93. The van der Waals surface area contributed by atoms with Gasteiger partial charge in [-0.05, 0) is 51.3 Å². The maximum absolute atomic E-state index is 13.2. The molecule has 3 aromatic rings. The van der Waals surface area contributed by atoms with Crippen LogP contribution < -0.4 is 4.90 Å². The van der Waals surface area contributed by atoms with Crippen molar-refractivity contribution in [1.29, 1.82) is 0 Å². The number of aromatic nitrogens is 2. The van der Waals surface area contributed by atoms with Gasteiger partial charge in [0, 0.05) is 24.7 Å². The zero-order valence-corrected chi connectivity index (χ0v) is 19.9. The molecular weight excluding hydrogens is 466 g/mol. The Bertz CT molecular complexity index is 1180. The van der Waals surface area contributed by atoms with Crippen LogP contribution in [0.3, 0.4) is 0 Å². The Labute approximate surface area is 199 Å². The summed E-state index contributed by atoms with van der Waals surface area (Å²) in [6, 6.07) is 3.22. The molecule has 3 atom stereocenters. The molecule has 3 unspecified atom stereocenters. The highest BCUT2D eigenvalue weighted by Gasteiger charge is 2.45. The number of aliphatic hydroxyl groups is 1. The predicted molar refractivity (Wildman–Crippen MR) is 123 cm³/mol. The summed E-state index contributed by atoms with van der Waals surface area (Å²) in [5.74, 6) is 0. The number of benzene rings is 1. The van der Waals surface area contributed by atoms with Crippen LogP contribution in [0, 0.1) is 0 Å². The Morgan fingerprint density at radius 3 is 2.56 bits per heavy atom. The van der Waals surface area contributed by atoms with E-state index in [-0.39, 0.29) is 23.7 Å². The molecule has 11 heteroatoms. The summed E-state index contributed by atoms with van der Waals surface area (Å²) < 4.78 is 38.2. The van der Waals surface area contributed by atoms with Crippen LogP contribution in [-0.2, 0) is 4.74 Å². The van der Waals surface area contributed by atoms with Crippen LogP contribution in [0.5, 0.6) is 0 Å². The smallest absolute Gasteiger partial charge is 0.410 e. The number of carbonyl (C=O) groups is 1. The van der Waals surface area contributed by atoms with Crippen molar-refractivity contribution < 1.29 is 27.8 Å². The van der Waals surface area contributed by atoms with Crippen LogP contribution >= 0.6 is 11.3 Å². The first-order chi connectivity index (χ1) is 16.1. The van der Waals surface area contributed by atoms with E-state index in [0.717, 1.165) is 12.8 Å². The third-order valence-corrected chi connectivity index (χ3v) is 6.91. The summed E-state index contributed by atoms with van der Waals surface area (Å²) in [6.45, 7) is 6.60. The summed E-state index contributed by atoms with van der Waals surface area (Å²) in [5.41, 5.74) is 0.802. The molecule has 0 spiro atoms. The number of nitrogens with zero attached hydrogens (tertiary/aromatic N) is 4. The van der Waals surface area contributed by atoms with E-state index in [2.05, 4.69) is 9.97 Å². The first-order valence-corrected chi connectivity index (χ1v) is 12.1. The number of aliphatic hydroxyl groups excluding tert-OH is 1. The van der Waals surface area contributed by atoms with Crippen molar-refractivity contribution in [3.63, 3.8) is 0 Å². The van der Waals surface area contributed by atoms with Crippen molar-refractivity contribution in [2.24, 2.45) is 0 Å². The number of fused-ring (bicyclic) bond motifs is 3. The highest BCUT2D eigenvalue weighted by molar-refractivity contribution is 7.13. The molecule has 34 heavy (non-hydrogen) atoms. The fraction of sp³-hybridized carbons (Fsp3) is 0.522. The molecule has 0 aliphatic carbocycles. The summed E-state index contributed by atoms with van der Waals surface area (Å²) in [4.78, 5) is 25.4. The number of thiazole rings is 1. The van der Waals surface area contributed by atoms with Gasteiger partial charge < -0.3 is 19.2 Å². The molecule has 1 amide bonds. The zero-order chi connectivity index (χ0) is 24.2. The van der Waals surface area contributed by atoms with E-state index in [9.17, 15) is 18.7 Å². The van der Waals surface area contributed by atoms with Crippen molar-refractivity contribution in [2.75, 3.05) is 18.0 Å². The second kappa shape index (κ2) is 8.46. The van der Waals surface area contributed by atoms with Crippen LogP contribution in [0.1, 0.15) is 45.3 Å². The molecule has 8 nitrogen and oxygen atoms in total. The van der Waals surface area contributed by atoms with Crippen LogP contribution in [0.4, 0.5) is 19.6 Å². The van der Waals surface area contributed by atoms with Crippen molar-refractivity contribution in [3.8, 4) is 10.6 Å². The van der Waals surface area contributed by atoms with Gasteiger partial charge in [0.15, 0.2) is 5.58 Å². The number of amides is 1. The molecule has 5 rings (SSSR count). The minimum Gasteiger partial charge on any atom is -0.444 e. The van der Waals surface area contributed by atoms with Crippen LogP contribution in [0.15, 0.2) is 28.1 Å². The Morgan fingerprint density at radius 1 is 1.26 bits per heavy atom. The lowest BCUT2D eigenvalue weighted by atomic mass is 10.0. The van der Waals surface area contributed by atoms with Crippen LogP contribution in [0.25, 0.3) is 21.7 Å². The number of carbonyl (C=O) groups excluding carboxylic acids is 1. The number of alkyl halides is 2. The van der Waals surface area contributed by atoms with Crippen LogP contribution in [-0.4, -0.2) is 63.3 Å². The summed E-state index contributed by atoms with van der Waals surface area (Å²) >= 11 is 1.34. The predicted octanol–water partition coefficient (Wildman–Crippen LogP) is 4.84. The van der Waals surface area contributed by atoms with Gasteiger partial charge in [-0.15, -0.1) is 11.3 Å². The van der Waals surface area contributed by atoms with Gasteiger partial charge >= 0.3 is 6.09 Å². The van der Waals surface area contributed by atoms with E-state index in [4.69, 9.17) is 9.15 Å². The molecule has 2 fully saturated rings. The Hall–Kier alpha value is -2.79. The summed E-state index contributed by atoms with van der Waals surface area (Å²) in [6.07, 6.45) is -1.84. The van der Waals surface area contributed by atoms with Gasteiger partial charge in [-0.1, -0.05) is 0 Å². The number of rotatable bonds is 4.